The van der Waals surface area contributed by atoms with E-state index in [0.29, 0.717) is 43.1 Å². The van der Waals surface area contributed by atoms with E-state index in [1.807, 2.05) is 36.6 Å². The molecule has 3 aromatic rings. The molecule has 1 aliphatic heterocycles. The Bertz CT molecular complexity index is 1450. The summed E-state index contributed by atoms with van der Waals surface area (Å²) in [6.07, 6.45) is 0.841. The van der Waals surface area contributed by atoms with Gasteiger partial charge in [-0.05, 0) is 57.0 Å². The Morgan fingerprint density at radius 1 is 1.14 bits per heavy atom. The molecule has 198 valence electrons. The van der Waals surface area contributed by atoms with Crippen molar-refractivity contribution in [1.82, 2.24) is 8.87 Å². The molecule has 37 heavy (non-hydrogen) atoms. The second-order valence-corrected chi connectivity index (χ2v) is 12.0. The third kappa shape index (κ3) is 6.35. The fraction of sp³-hybridized carbons (Fsp3) is 0.423. The molecule has 4 rings (SSSR count). The lowest BCUT2D eigenvalue weighted by Gasteiger charge is -2.29. The van der Waals surface area contributed by atoms with Crippen molar-refractivity contribution in [2.75, 3.05) is 31.6 Å². The first-order valence-corrected chi connectivity index (χ1v) is 14.6. The number of nitrogens with zero attached hydrogens (tertiary/aromatic N) is 3. The molecule has 0 atom stereocenters. The molecule has 2 aromatic carbocycles. The van der Waals surface area contributed by atoms with Crippen LogP contribution < -0.4 is 10.1 Å². The summed E-state index contributed by atoms with van der Waals surface area (Å²) in [6, 6.07) is 12.4. The van der Waals surface area contributed by atoms with Crippen LogP contribution in [0, 0.1) is 12.8 Å². The summed E-state index contributed by atoms with van der Waals surface area (Å²) in [6.45, 7) is 7.45. The minimum Gasteiger partial charge on any atom is -0.380 e. The largest absolute Gasteiger partial charge is 0.380 e. The molecule has 2 amide bonds. The van der Waals surface area contributed by atoms with E-state index in [0.717, 1.165) is 15.8 Å². The highest BCUT2D eigenvalue weighted by molar-refractivity contribution is 7.89. The first-order chi connectivity index (χ1) is 17.7. The highest BCUT2D eigenvalue weighted by Gasteiger charge is 2.32. The van der Waals surface area contributed by atoms with Gasteiger partial charge in [-0.2, -0.15) is 9.30 Å². The Morgan fingerprint density at radius 2 is 1.84 bits per heavy atom. The number of hydrogen-bond donors (Lipinski definition) is 1. The molecule has 11 heteroatoms. The molecule has 1 fully saturated rings. The Balaban J connectivity index is 1.54. The highest BCUT2D eigenvalue weighted by Crippen LogP contribution is 2.26. The topological polar surface area (TPSA) is 110 Å². The van der Waals surface area contributed by atoms with Gasteiger partial charge in [-0.15, -0.1) is 0 Å². The van der Waals surface area contributed by atoms with Crippen molar-refractivity contribution in [2.24, 2.45) is 10.9 Å². The summed E-state index contributed by atoms with van der Waals surface area (Å²) in [5, 5.41) is 2.78. The Hall–Kier alpha value is -2.86. The Labute approximate surface area is 220 Å². The van der Waals surface area contributed by atoms with Crippen molar-refractivity contribution in [3.63, 3.8) is 0 Å². The first kappa shape index (κ1) is 27.2. The normalized spacial score (nSPS) is 15.8. The standard InChI is InChI=1S/C26H32N4O5S2/c1-4-35-16-15-30-23-10-7-21(27-19(3)31)17-24(23)36-26(30)28-25(32)20-11-13-29(14-12-20)37(33,34)22-8-5-18(2)6-9-22/h5-10,17,20H,4,11-16H2,1-3H3,(H,27,31). The van der Waals surface area contributed by atoms with Crippen LogP contribution in [0.3, 0.4) is 0 Å². The van der Waals surface area contributed by atoms with Crippen molar-refractivity contribution < 1.29 is 22.7 Å². The summed E-state index contributed by atoms with van der Waals surface area (Å²) in [7, 11) is -3.59. The van der Waals surface area contributed by atoms with Crippen LogP contribution in [0.4, 0.5) is 5.69 Å². The maximum absolute atomic E-state index is 13.2. The molecule has 1 saturated heterocycles. The van der Waals surface area contributed by atoms with Gasteiger partial charge in [0.2, 0.25) is 15.9 Å². The third-order valence-corrected chi connectivity index (χ3v) is 9.29. The lowest BCUT2D eigenvalue weighted by atomic mass is 9.98. The van der Waals surface area contributed by atoms with Crippen LogP contribution in [-0.4, -0.2) is 55.4 Å². The molecule has 0 radical (unpaired) electrons. The van der Waals surface area contributed by atoms with Crippen molar-refractivity contribution in [3.8, 4) is 0 Å². The molecule has 1 aliphatic rings. The summed E-state index contributed by atoms with van der Waals surface area (Å²) in [5.41, 5.74) is 2.58. The van der Waals surface area contributed by atoms with Gasteiger partial charge in [-0.1, -0.05) is 29.0 Å². The average Bonchev–Trinajstić information content (AvgIpc) is 3.20. The SMILES string of the molecule is CCOCCn1c(=NC(=O)C2CCN(S(=O)(=O)c3ccc(C)cc3)CC2)sc2cc(NC(C)=O)ccc21. The zero-order valence-corrected chi connectivity index (χ0v) is 22.9. The number of hydrogen-bond acceptors (Lipinski definition) is 6. The zero-order chi connectivity index (χ0) is 26.6. The molecular weight excluding hydrogens is 512 g/mol. The second kappa shape index (κ2) is 11.7. The van der Waals surface area contributed by atoms with Crippen molar-refractivity contribution in [3.05, 3.63) is 52.8 Å². The molecule has 0 saturated carbocycles. The maximum Gasteiger partial charge on any atom is 0.251 e. The number of aromatic nitrogens is 1. The number of nitrogens with one attached hydrogen (secondary N) is 1. The first-order valence-electron chi connectivity index (χ1n) is 12.3. The van der Waals surface area contributed by atoms with Gasteiger partial charge in [-0.25, -0.2) is 8.42 Å². The van der Waals surface area contributed by atoms with Crippen molar-refractivity contribution in [1.29, 1.82) is 0 Å². The van der Waals surface area contributed by atoms with E-state index in [-0.39, 0.29) is 35.7 Å². The molecule has 0 spiro atoms. The van der Waals surface area contributed by atoms with Crippen LogP contribution in [0.5, 0.6) is 0 Å². The number of anilines is 1. The fourth-order valence-electron chi connectivity index (χ4n) is 4.34. The van der Waals surface area contributed by atoms with Gasteiger partial charge in [0.25, 0.3) is 5.91 Å². The van der Waals surface area contributed by atoms with E-state index in [4.69, 9.17) is 4.74 Å². The summed E-state index contributed by atoms with van der Waals surface area (Å²) in [5.74, 6) is -0.743. The van der Waals surface area contributed by atoms with Crippen LogP contribution >= 0.6 is 11.3 Å². The number of carbonyl (C=O) groups is 2. The predicted octanol–water partition coefficient (Wildman–Crippen LogP) is 3.53. The fourth-order valence-corrected chi connectivity index (χ4v) is 6.91. The number of sulfonamides is 1. The van der Waals surface area contributed by atoms with Crippen molar-refractivity contribution >= 4 is 49.1 Å². The lowest BCUT2D eigenvalue weighted by Crippen LogP contribution is -2.40. The smallest absolute Gasteiger partial charge is 0.251 e. The van der Waals surface area contributed by atoms with Crippen LogP contribution in [0.2, 0.25) is 0 Å². The quantitative estimate of drug-likeness (QED) is 0.436. The van der Waals surface area contributed by atoms with Gasteiger partial charge >= 0.3 is 0 Å². The number of thiazole rings is 1. The maximum atomic E-state index is 13.2. The van der Waals surface area contributed by atoms with E-state index in [9.17, 15) is 18.0 Å². The third-order valence-electron chi connectivity index (χ3n) is 6.33. The monoisotopic (exact) mass is 544 g/mol. The molecule has 2 heterocycles. The summed E-state index contributed by atoms with van der Waals surface area (Å²) < 4.78 is 35.9. The Morgan fingerprint density at radius 3 is 2.49 bits per heavy atom. The van der Waals surface area contributed by atoms with Crippen molar-refractivity contribution in [2.45, 2.75) is 45.1 Å². The number of piperidine rings is 1. The van der Waals surface area contributed by atoms with Gasteiger partial charge in [0.05, 0.1) is 21.7 Å². The number of fused-ring (bicyclic) bond motifs is 1. The average molecular weight is 545 g/mol. The van der Waals surface area contributed by atoms with E-state index in [1.165, 1.54) is 22.6 Å². The lowest BCUT2D eigenvalue weighted by molar-refractivity contribution is -0.123. The number of aryl methyl sites for hydroxylation is 1. The van der Waals surface area contributed by atoms with Crippen LogP contribution in [0.15, 0.2) is 52.4 Å². The molecule has 9 nitrogen and oxygen atoms in total. The summed E-state index contributed by atoms with van der Waals surface area (Å²) in [4.78, 5) is 29.9. The minimum atomic E-state index is -3.59. The molecule has 0 aliphatic carbocycles. The van der Waals surface area contributed by atoms with E-state index in [1.54, 1.807) is 24.3 Å². The van der Waals surface area contributed by atoms with Gasteiger partial charge in [-0.3, -0.25) is 9.59 Å². The molecular formula is C26H32N4O5S2. The predicted molar refractivity (Wildman–Crippen MR) is 144 cm³/mol. The molecule has 1 N–H and O–H groups in total. The highest BCUT2D eigenvalue weighted by atomic mass is 32.2. The number of benzene rings is 2. The van der Waals surface area contributed by atoms with Crippen LogP contribution in [0.25, 0.3) is 10.2 Å². The van der Waals surface area contributed by atoms with Crippen LogP contribution in [-0.2, 0) is 30.9 Å². The number of amides is 2. The number of rotatable bonds is 8. The second-order valence-electron chi connectivity index (χ2n) is 9.04. The van der Waals surface area contributed by atoms with Gasteiger partial charge in [0.1, 0.15) is 0 Å². The molecule has 0 unspecified atom stereocenters. The minimum absolute atomic E-state index is 0.157. The molecule has 1 aromatic heterocycles. The van der Waals surface area contributed by atoms with E-state index >= 15 is 0 Å². The number of ether oxygens (including phenoxy) is 1. The van der Waals surface area contributed by atoms with E-state index in [2.05, 4.69) is 10.3 Å². The van der Waals surface area contributed by atoms with Gasteiger partial charge in [0.15, 0.2) is 4.80 Å². The number of carbonyl (C=O) groups excluding carboxylic acids is 2. The Kier molecular flexibility index (Phi) is 8.58. The molecule has 0 bridgehead atoms. The van der Waals surface area contributed by atoms with Gasteiger partial charge < -0.3 is 14.6 Å². The van der Waals surface area contributed by atoms with E-state index < -0.39 is 10.0 Å². The van der Waals surface area contributed by atoms with Gasteiger partial charge in [0, 0.05) is 44.8 Å². The zero-order valence-electron chi connectivity index (χ0n) is 21.3. The van der Waals surface area contributed by atoms with Crippen LogP contribution in [0.1, 0.15) is 32.3 Å². The summed E-state index contributed by atoms with van der Waals surface area (Å²) >= 11 is 1.38.